The van der Waals surface area contributed by atoms with Gasteiger partial charge in [-0.05, 0) is 36.1 Å². The lowest BCUT2D eigenvalue weighted by Crippen LogP contribution is -2.35. The van der Waals surface area contributed by atoms with Crippen LogP contribution in [0.4, 0.5) is 0 Å². The third kappa shape index (κ3) is 8.11. The monoisotopic (exact) mass is 354 g/mol. The van der Waals surface area contributed by atoms with Gasteiger partial charge in [0.25, 0.3) is 0 Å². The van der Waals surface area contributed by atoms with Gasteiger partial charge in [0.1, 0.15) is 0 Å². The summed E-state index contributed by atoms with van der Waals surface area (Å²) in [5, 5.41) is 13.9. The maximum Gasteiger partial charge on any atom is 0.0208 e. The molecule has 0 amide bonds. The number of benzene rings is 2. The van der Waals surface area contributed by atoms with Crippen molar-refractivity contribution in [3.63, 3.8) is 0 Å². The van der Waals surface area contributed by atoms with E-state index in [1.54, 1.807) is 0 Å². The van der Waals surface area contributed by atoms with Crippen molar-refractivity contribution < 1.29 is 0 Å². The molecule has 2 aromatic carbocycles. The molecule has 0 aliphatic carbocycles. The number of aryl methyl sites for hydroxylation is 2. The molecule has 4 N–H and O–H groups in total. The van der Waals surface area contributed by atoms with E-state index in [-0.39, 0.29) is 0 Å². The van der Waals surface area contributed by atoms with E-state index in [9.17, 15) is 0 Å². The average Bonchev–Trinajstić information content (AvgIpc) is 2.65. The highest BCUT2D eigenvalue weighted by molar-refractivity contribution is 5.25. The smallest absolute Gasteiger partial charge is 0.0208 e. The van der Waals surface area contributed by atoms with Crippen molar-refractivity contribution in [2.24, 2.45) is 0 Å². The molecule has 4 heteroatoms. The Labute approximate surface area is 158 Å². The molecule has 0 saturated heterocycles. The lowest BCUT2D eigenvalue weighted by molar-refractivity contribution is 0.565. The topological polar surface area (TPSA) is 48.1 Å². The molecule has 2 aromatic rings. The van der Waals surface area contributed by atoms with Crippen molar-refractivity contribution in [3.05, 3.63) is 70.8 Å². The first-order valence-corrected chi connectivity index (χ1v) is 9.69. The second kappa shape index (κ2) is 12.6. The van der Waals surface area contributed by atoms with Crippen LogP contribution in [0.2, 0.25) is 0 Å². The lowest BCUT2D eigenvalue weighted by atomic mass is 10.1. The predicted molar refractivity (Wildman–Crippen MR) is 112 cm³/mol. The van der Waals surface area contributed by atoms with Crippen molar-refractivity contribution in [2.45, 2.75) is 26.9 Å². The molecule has 0 radical (unpaired) electrons. The van der Waals surface area contributed by atoms with Crippen LogP contribution < -0.4 is 21.3 Å². The number of rotatable bonds is 13. The summed E-state index contributed by atoms with van der Waals surface area (Å²) in [6.07, 6.45) is 0. The molecule has 0 fully saturated rings. The second-order valence-corrected chi connectivity index (χ2v) is 6.71. The molecule has 0 spiro atoms. The Hall–Kier alpha value is -1.72. The fraction of sp³-hybridized carbons (Fsp3) is 0.455. The zero-order chi connectivity index (χ0) is 18.5. The van der Waals surface area contributed by atoms with E-state index in [2.05, 4.69) is 83.6 Å². The molecule has 4 nitrogen and oxygen atoms in total. The number of nitrogens with one attached hydrogen (secondary N) is 4. The standard InChI is InChI=1S/C22H34N4/c1-19-7-3-5-9-21(19)17-25-15-13-23-11-12-24-14-16-26-18-22-10-6-4-8-20(22)2/h3-10,23-26H,11-18H2,1-2H3. The molecule has 0 bridgehead atoms. The van der Waals surface area contributed by atoms with Crippen LogP contribution in [-0.2, 0) is 13.1 Å². The summed E-state index contributed by atoms with van der Waals surface area (Å²) in [5.74, 6) is 0. The Morgan fingerprint density at radius 1 is 0.500 bits per heavy atom. The van der Waals surface area contributed by atoms with Gasteiger partial charge in [0.05, 0.1) is 0 Å². The van der Waals surface area contributed by atoms with Gasteiger partial charge in [0, 0.05) is 52.4 Å². The number of hydrogen-bond acceptors (Lipinski definition) is 4. The van der Waals surface area contributed by atoms with Crippen molar-refractivity contribution in [2.75, 3.05) is 39.3 Å². The molecule has 2 rings (SSSR count). The highest BCUT2D eigenvalue weighted by atomic mass is 15.0. The third-order valence-electron chi connectivity index (χ3n) is 4.59. The minimum absolute atomic E-state index is 0.944. The van der Waals surface area contributed by atoms with Crippen LogP contribution in [0.25, 0.3) is 0 Å². The Bertz CT molecular complexity index is 572. The third-order valence-corrected chi connectivity index (χ3v) is 4.59. The fourth-order valence-corrected chi connectivity index (χ4v) is 2.84. The first-order valence-electron chi connectivity index (χ1n) is 9.69. The summed E-state index contributed by atoms with van der Waals surface area (Å²) >= 11 is 0. The van der Waals surface area contributed by atoms with Gasteiger partial charge in [-0.2, -0.15) is 0 Å². The summed E-state index contributed by atoms with van der Waals surface area (Å²) in [5.41, 5.74) is 5.47. The first-order chi connectivity index (χ1) is 12.8. The molecule has 142 valence electrons. The first kappa shape index (κ1) is 20.6. The van der Waals surface area contributed by atoms with E-state index in [0.29, 0.717) is 0 Å². The molecule has 26 heavy (non-hydrogen) atoms. The van der Waals surface area contributed by atoms with Crippen molar-refractivity contribution in [3.8, 4) is 0 Å². The van der Waals surface area contributed by atoms with Gasteiger partial charge in [0.15, 0.2) is 0 Å². The second-order valence-electron chi connectivity index (χ2n) is 6.71. The normalized spacial score (nSPS) is 11.0. The molecule has 0 unspecified atom stereocenters. The molecular formula is C22H34N4. The lowest BCUT2D eigenvalue weighted by Gasteiger charge is -2.10. The minimum Gasteiger partial charge on any atom is -0.314 e. The van der Waals surface area contributed by atoms with E-state index in [1.165, 1.54) is 22.3 Å². The van der Waals surface area contributed by atoms with Crippen LogP contribution in [0.1, 0.15) is 22.3 Å². The molecule has 0 aliphatic heterocycles. The summed E-state index contributed by atoms with van der Waals surface area (Å²) in [7, 11) is 0. The molecule has 0 heterocycles. The maximum atomic E-state index is 3.49. The summed E-state index contributed by atoms with van der Waals surface area (Å²) in [6.45, 7) is 12.2. The molecule has 0 aliphatic rings. The van der Waals surface area contributed by atoms with E-state index in [4.69, 9.17) is 0 Å². The molecule has 0 saturated carbocycles. The van der Waals surface area contributed by atoms with Crippen LogP contribution in [0, 0.1) is 13.8 Å². The zero-order valence-corrected chi connectivity index (χ0v) is 16.3. The van der Waals surface area contributed by atoms with Crippen molar-refractivity contribution in [1.82, 2.24) is 21.3 Å². The number of hydrogen-bond donors (Lipinski definition) is 4. The van der Waals surface area contributed by atoms with Gasteiger partial charge >= 0.3 is 0 Å². The maximum absolute atomic E-state index is 3.49. The van der Waals surface area contributed by atoms with Gasteiger partial charge in [-0.1, -0.05) is 48.5 Å². The van der Waals surface area contributed by atoms with Crippen LogP contribution >= 0.6 is 0 Å². The average molecular weight is 355 g/mol. The predicted octanol–water partition coefficient (Wildman–Crippen LogP) is 2.36. The van der Waals surface area contributed by atoms with E-state index in [1.807, 2.05) is 0 Å². The Morgan fingerprint density at radius 2 is 0.846 bits per heavy atom. The van der Waals surface area contributed by atoms with Crippen LogP contribution in [0.5, 0.6) is 0 Å². The van der Waals surface area contributed by atoms with E-state index >= 15 is 0 Å². The Kier molecular flexibility index (Phi) is 9.98. The Balaban J connectivity index is 1.37. The van der Waals surface area contributed by atoms with E-state index in [0.717, 1.165) is 52.4 Å². The van der Waals surface area contributed by atoms with Crippen molar-refractivity contribution in [1.29, 1.82) is 0 Å². The summed E-state index contributed by atoms with van der Waals surface area (Å²) in [6, 6.07) is 17.1. The van der Waals surface area contributed by atoms with Gasteiger partial charge in [-0.25, -0.2) is 0 Å². The van der Waals surface area contributed by atoms with E-state index < -0.39 is 0 Å². The molecule has 0 aromatic heterocycles. The van der Waals surface area contributed by atoms with Crippen LogP contribution in [-0.4, -0.2) is 39.3 Å². The highest BCUT2D eigenvalue weighted by Crippen LogP contribution is 2.06. The quantitative estimate of drug-likeness (QED) is 0.417. The van der Waals surface area contributed by atoms with Crippen LogP contribution in [0.3, 0.4) is 0 Å². The Morgan fingerprint density at radius 3 is 1.23 bits per heavy atom. The summed E-state index contributed by atoms with van der Waals surface area (Å²) < 4.78 is 0. The SMILES string of the molecule is Cc1ccccc1CNCCNCCNCCNCc1ccccc1C. The highest BCUT2D eigenvalue weighted by Gasteiger charge is 1.97. The van der Waals surface area contributed by atoms with Gasteiger partial charge in [-0.15, -0.1) is 0 Å². The zero-order valence-electron chi connectivity index (χ0n) is 16.3. The largest absolute Gasteiger partial charge is 0.314 e. The fourth-order valence-electron chi connectivity index (χ4n) is 2.84. The van der Waals surface area contributed by atoms with Crippen molar-refractivity contribution >= 4 is 0 Å². The summed E-state index contributed by atoms with van der Waals surface area (Å²) in [4.78, 5) is 0. The van der Waals surface area contributed by atoms with Crippen LogP contribution in [0.15, 0.2) is 48.5 Å². The van der Waals surface area contributed by atoms with Gasteiger partial charge in [-0.3, -0.25) is 0 Å². The molecule has 0 atom stereocenters. The van der Waals surface area contributed by atoms with Gasteiger partial charge < -0.3 is 21.3 Å². The minimum atomic E-state index is 0.944. The molecular weight excluding hydrogens is 320 g/mol. The van der Waals surface area contributed by atoms with Gasteiger partial charge in [0.2, 0.25) is 0 Å².